The van der Waals surface area contributed by atoms with Gasteiger partial charge in [-0.1, -0.05) is 0 Å². The molecule has 0 bridgehead atoms. The lowest BCUT2D eigenvalue weighted by molar-refractivity contribution is -0.332. The maximum Gasteiger partial charge on any atom is 0.249 e. The normalized spacial score (nSPS) is 42.1. The predicted molar refractivity (Wildman–Crippen MR) is 155 cm³/mol. The third kappa shape index (κ3) is 9.07. The van der Waals surface area contributed by atoms with Crippen molar-refractivity contribution in [1.82, 2.24) is 5.32 Å². The van der Waals surface area contributed by atoms with Crippen molar-refractivity contribution in [3.63, 3.8) is 0 Å². The summed E-state index contributed by atoms with van der Waals surface area (Å²) in [7, 11) is 0. The summed E-state index contributed by atoms with van der Waals surface area (Å²) in [5.74, 6) is -1.50. The van der Waals surface area contributed by atoms with Crippen LogP contribution >= 0.6 is 0 Å². The third-order valence-electron chi connectivity index (χ3n) is 7.99. The number of aliphatic hydroxyl groups excluding tert-OH is 8. The summed E-state index contributed by atoms with van der Waals surface area (Å²) in [4.78, 5) is 20.3. The maximum atomic E-state index is 12.9. The third-order valence-corrected chi connectivity index (χ3v) is 7.99. The first-order valence-electron chi connectivity index (χ1n) is 14.5. The summed E-state index contributed by atoms with van der Waals surface area (Å²) < 4.78 is 22.8. The molecule has 1 aliphatic carbocycles. The summed E-state index contributed by atoms with van der Waals surface area (Å²) in [6.07, 6.45) is -21.1. The minimum absolute atomic E-state index is 0.0844. The second-order valence-electron chi connectivity index (χ2n) is 11.4. The van der Waals surface area contributed by atoms with Gasteiger partial charge >= 0.3 is 0 Å². The van der Waals surface area contributed by atoms with Crippen LogP contribution in [0.5, 0.6) is 0 Å². The lowest BCUT2D eigenvalue weighted by atomic mass is 9.83. The van der Waals surface area contributed by atoms with Gasteiger partial charge in [-0.3, -0.25) is 14.8 Å². The van der Waals surface area contributed by atoms with E-state index in [4.69, 9.17) is 53.3 Å². The number of hydrogen-bond acceptors (Lipinski definition) is 17. The molecule has 0 unspecified atom stereocenters. The molecule has 0 aromatic heterocycles. The average molecular weight is 670 g/mol. The molecule has 2 aliphatic heterocycles. The number of hydrogen-bond donors (Lipinski definition) is 15. The predicted octanol–water partition coefficient (Wildman–Crippen LogP) is -9.79. The van der Waals surface area contributed by atoms with Crippen LogP contribution < -0.4 is 39.7 Å². The van der Waals surface area contributed by atoms with E-state index in [1.165, 1.54) is 0 Å². The molecule has 0 aromatic rings. The molecule has 22 nitrogen and oxygen atoms in total. The standard InChI is InChI=1S/C24H47N9O13/c25-6-3-7(33-20(42)8(35)1-2-31-23(27)28)19(46-21-14(38)11(26)12(36)10(5-34)44-21)17(41)18(6)45-22-16(40)15(39)13(37)9(43-22)4-32-24(29)30/h6-19,21-22,34-41H,1-5,25-26H2,(H,33,42)(H4,27,28,31)(H4,29,30,32)/t6-,7+,8-,9+,10+,11-,12+,13+,14+,15-,16+,17-,18+,19-,21+,22+/m0/s1. The van der Waals surface area contributed by atoms with E-state index in [1.54, 1.807) is 0 Å². The number of carbonyl (C=O) groups excluding carboxylic acids is 1. The van der Waals surface area contributed by atoms with Gasteiger partial charge in [0.15, 0.2) is 24.5 Å². The molecule has 22 heteroatoms. The number of aliphatic hydroxyl groups is 8. The molecule has 2 saturated heterocycles. The molecule has 0 spiro atoms. The fourth-order valence-corrected chi connectivity index (χ4v) is 5.38. The number of nitrogens with zero attached hydrogens (tertiary/aromatic N) is 2. The number of nitrogens with one attached hydrogen (secondary N) is 1. The molecule has 3 rings (SSSR count). The first-order valence-corrected chi connectivity index (χ1v) is 14.5. The van der Waals surface area contributed by atoms with Gasteiger partial charge in [-0.15, -0.1) is 0 Å². The zero-order chi connectivity index (χ0) is 34.5. The largest absolute Gasteiger partial charge is 0.394 e. The molecule has 0 radical (unpaired) electrons. The Morgan fingerprint density at radius 1 is 0.804 bits per heavy atom. The number of amides is 1. The Morgan fingerprint density at radius 3 is 2.00 bits per heavy atom. The van der Waals surface area contributed by atoms with Gasteiger partial charge in [-0.25, -0.2) is 0 Å². The molecule has 16 atom stereocenters. The van der Waals surface area contributed by atoms with E-state index in [2.05, 4.69) is 15.3 Å². The SMILES string of the molecule is NC(N)=NCC[C@H](O)C(=O)N[C@@H]1C[C@H](N)[C@@H](O[C@H]2O[C@H](CN=C(N)N)[C@@H](O)[C@H](O)[C@H]2O)[C@H](O)[C@H]1O[C@H]1O[C@H](CO)[C@@H](O)[C@H](N)[C@H]1O. The van der Waals surface area contributed by atoms with E-state index in [9.17, 15) is 45.6 Å². The smallest absolute Gasteiger partial charge is 0.249 e. The van der Waals surface area contributed by atoms with E-state index < -0.39 is 110 Å². The highest BCUT2D eigenvalue weighted by Crippen LogP contribution is 2.32. The van der Waals surface area contributed by atoms with Crippen molar-refractivity contribution >= 4 is 17.8 Å². The quantitative estimate of drug-likeness (QED) is 0.0677. The van der Waals surface area contributed by atoms with Crippen LogP contribution in [0.3, 0.4) is 0 Å². The summed E-state index contributed by atoms with van der Waals surface area (Å²) in [6, 6.07) is -3.65. The zero-order valence-corrected chi connectivity index (χ0v) is 24.8. The first-order chi connectivity index (χ1) is 21.6. The minimum atomic E-state index is -1.84. The number of ether oxygens (including phenoxy) is 4. The zero-order valence-electron chi connectivity index (χ0n) is 24.8. The molecule has 1 saturated carbocycles. The van der Waals surface area contributed by atoms with Gasteiger partial charge in [-0.2, -0.15) is 0 Å². The molecular weight excluding hydrogens is 622 g/mol. The number of nitrogens with two attached hydrogens (primary N) is 6. The minimum Gasteiger partial charge on any atom is -0.394 e. The van der Waals surface area contributed by atoms with E-state index in [0.717, 1.165) is 0 Å². The first kappa shape index (κ1) is 37.9. The number of rotatable bonds is 12. The fourth-order valence-electron chi connectivity index (χ4n) is 5.38. The van der Waals surface area contributed by atoms with Gasteiger partial charge in [0.2, 0.25) is 5.91 Å². The Morgan fingerprint density at radius 2 is 1.39 bits per heavy atom. The highest BCUT2D eigenvalue weighted by Gasteiger charge is 2.52. The van der Waals surface area contributed by atoms with Gasteiger partial charge < -0.3 is 99.5 Å². The van der Waals surface area contributed by atoms with Crippen molar-refractivity contribution in [2.75, 3.05) is 19.7 Å². The van der Waals surface area contributed by atoms with Crippen molar-refractivity contribution in [2.24, 2.45) is 44.4 Å². The Bertz CT molecular complexity index is 1050. The highest BCUT2D eigenvalue weighted by molar-refractivity contribution is 5.81. The van der Waals surface area contributed by atoms with Crippen molar-refractivity contribution in [2.45, 2.75) is 111 Å². The van der Waals surface area contributed by atoms with Crippen LogP contribution in [0.4, 0.5) is 0 Å². The number of guanidine groups is 2. The van der Waals surface area contributed by atoms with E-state index in [-0.39, 0.29) is 37.9 Å². The molecule has 21 N–H and O–H groups in total. The second kappa shape index (κ2) is 16.5. The Hall–Kier alpha value is -2.55. The Kier molecular flexibility index (Phi) is 13.6. The van der Waals surface area contributed by atoms with Gasteiger partial charge in [0.1, 0.15) is 67.1 Å². The van der Waals surface area contributed by atoms with Gasteiger partial charge in [-0.05, 0) is 6.42 Å². The van der Waals surface area contributed by atoms with Crippen LogP contribution in [0, 0.1) is 0 Å². The van der Waals surface area contributed by atoms with E-state index >= 15 is 0 Å². The summed E-state index contributed by atoms with van der Waals surface area (Å²) in [5, 5.41) is 86.2. The Balaban J connectivity index is 1.85. The molecule has 3 fully saturated rings. The van der Waals surface area contributed by atoms with Crippen LogP contribution in [0.15, 0.2) is 9.98 Å². The van der Waals surface area contributed by atoms with Gasteiger partial charge in [0.25, 0.3) is 0 Å². The van der Waals surface area contributed by atoms with Crippen LogP contribution in [0.25, 0.3) is 0 Å². The maximum absolute atomic E-state index is 12.9. The van der Waals surface area contributed by atoms with E-state index in [1.807, 2.05) is 0 Å². The molecular formula is C24H47N9O13. The van der Waals surface area contributed by atoms with Crippen molar-refractivity contribution in [3.05, 3.63) is 0 Å². The lowest BCUT2D eigenvalue weighted by Gasteiger charge is -2.48. The molecule has 1 amide bonds. The topological polar surface area (TPSA) is 409 Å². The van der Waals surface area contributed by atoms with Crippen LogP contribution in [0.2, 0.25) is 0 Å². The number of aliphatic imine (C=N–C) groups is 2. The van der Waals surface area contributed by atoms with Crippen LogP contribution in [-0.4, -0.2) is 176 Å². The summed E-state index contributed by atoms with van der Waals surface area (Å²) in [5.41, 5.74) is 33.4. The molecule has 0 aromatic carbocycles. The summed E-state index contributed by atoms with van der Waals surface area (Å²) >= 11 is 0. The Labute approximate surface area is 262 Å². The second-order valence-corrected chi connectivity index (χ2v) is 11.4. The highest BCUT2D eigenvalue weighted by atomic mass is 16.7. The monoisotopic (exact) mass is 669 g/mol. The average Bonchev–Trinajstić information content (AvgIpc) is 2.99. The van der Waals surface area contributed by atoms with Crippen LogP contribution in [-0.2, 0) is 23.7 Å². The summed E-state index contributed by atoms with van der Waals surface area (Å²) in [6.45, 7) is -1.12. The molecule has 2 heterocycles. The fraction of sp³-hybridized carbons (Fsp3) is 0.875. The van der Waals surface area contributed by atoms with Crippen molar-refractivity contribution < 1.29 is 64.6 Å². The molecule has 46 heavy (non-hydrogen) atoms. The van der Waals surface area contributed by atoms with Crippen LogP contribution in [0.1, 0.15) is 12.8 Å². The molecule has 266 valence electrons. The van der Waals surface area contributed by atoms with Crippen molar-refractivity contribution in [3.8, 4) is 0 Å². The van der Waals surface area contributed by atoms with Gasteiger partial charge in [0.05, 0.1) is 25.2 Å². The van der Waals surface area contributed by atoms with Crippen molar-refractivity contribution in [1.29, 1.82) is 0 Å². The number of carbonyl (C=O) groups is 1. The van der Waals surface area contributed by atoms with E-state index in [0.29, 0.717) is 0 Å². The van der Waals surface area contributed by atoms with Gasteiger partial charge in [0, 0.05) is 19.0 Å². The lowest BCUT2D eigenvalue weighted by Crippen LogP contribution is -2.69. The molecule has 3 aliphatic rings.